The highest BCUT2D eigenvalue weighted by Gasteiger charge is 2.78. The third-order valence-electron chi connectivity index (χ3n) is 10.4. The minimum atomic E-state index is -6.80. The first-order chi connectivity index (χ1) is 37.2. The molecule has 0 atom stereocenters. The van der Waals surface area contributed by atoms with E-state index in [0.29, 0.717) is 0 Å². The van der Waals surface area contributed by atoms with Gasteiger partial charge in [0, 0.05) is 0 Å². The molecular formula is C36H44F28O16Si4. The second-order valence-corrected chi connectivity index (χ2v) is 32.1. The molecule has 0 spiro atoms. The summed E-state index contributed by atoms with van der Waals surface area (Å²) in [5.41, 5.74) is 0. The van der Waals surface area contributed by atoms with E-state index in [2.05, 4.69) is 37.9 Å². The minimum Gasteiger partial charge on any atom is -0.464 e. The number of alkyl halides is 28. The molecule has 496 valence electrons. The fraction of sp³-hybridized carbons (Fsp3) is 0.889. The van der Waals surface area contributed by atoms with Crippen molar-refractivity contribution >= 4 is 58.1 Å². The fourth-order valence-electron chi connectivity index (χ4n) is 6.73. The van der Waals surface area contributed by atoms with Gasteiger partial charge in [-0.3, -0.25) is 0 Å². The Morgan fingerprint density at radius 3 is 0.524 bits per heavy atom. The van der Waals surface area contributed by atoms with Gasteiger partial charge < -0.3 is 54.4 Å². The van der Waals surface area contributed by atoms with Gasteiger partial charge in [0.1, 0.15) is 26.4 Å². The number of carbonyl (C=O) groups is 4. The fourth-order valence-corrected chi connectivity index (χ4v) is 29.9. The molecule has 0 amide bonds. The maximum Gasteiger partial charge on any atom is 0.458 e. The van der Waals surface area contributed by atoms with Gasteiger partial charge in [-0.05, 0) is 76.0 Å². The third-order valence-corrected chi connectivity index (χ3v) is 29.2. The summed E-state index contributed by atoms with van der Waals surface area (Å²) < 4.78 is 422. The van der Waals surface area contributed by atoms with Gasteiger partial charge in [-0.15, -0.1) is 0 Å². The molecule has 0 N–H and O–H groups in total. The minimum absolute atomic E-state index is 0.595. The van der Waals surface area contributed by atoms with Crippen LogP contribution in [0.4, 0.5) is 123 Å². The molecule has 0 radical (unpaired) electrons. The lowest BCUT2D eigenvalue weighted by atomic mass is 10.3. The van der Waals surface area contributed by atoms with Crippen molar-refractivity contribution in [1.82, 2.24) is 0 Å². The van der Waals surface area contributed by atoms with Crippen molar-refractivity contribution in [2.24, 2.45) is 0 Å². The number of hydrogen-bond donors (Lipinski definition) is 0. The van der Waals surface area contributed by atoms with E-state index in [4.69, 9.17) is 16.5 Å². The summed E-state index contributed by atoms with van der Waals surface area (Å²) in [7, 11) is -17.4. The number of halogens is 28. The molecule has 16 nitrogen and oxygen atoms in total. The average Bonchev–Trinajstić information content (AvgIpc) is 2.49. The highest BCUT2D eigenvalue weighted by Crippen LogP contribution is 2.51. The largest absolute Gasteiger partial charge is 0.464 e. The summed E-state index contributed by atoms with van der Waals surface area (Å²) in [5.74, 6) is -33.9. The second kappa shape index (κ2) is 27.9. The number of ether oxygens (including phenoxy) is 8. The first kappa shape index (κ1) is 78.5. The van der Waals surface area contributed by atoms with Gasteiger partial charge in [0.2, 0.25) is 0 Å². The molecule has 0 aromatic rings. The Kier molecular flexibility index (Phi) is 26.1. The number of carbonyl (C=O) groups excluding carboxylic acids is 4. The van der Waals surface area contributed by atoms with Crippen LogP contribution < -0.4 is 0 Å². The molecule has 1 aliphatic rings. The highest BCUT2D eigenvalue weighted by atomic mass is 28.5. The Bertz CT molecular complexity index is 1810. The monoisotopic (exact) mass is 1380 g/mol. The van der Waals surface area contributed by atoms with E-state index in [9.17, 15) is 142 Å². The third kappa shape index (κ3) is 21.4. The first-order valence-electron chi connectivity index (χ1n) is 22.5. The lowest BCUT2D eigenvalue weighted by Crippen LogP contribution is -2.67. The number of hydrogen-bond acceptors (Lipinski definition) is 16. The summed E-state index contributed by atoms with van der Waals surface area (Å²) in [5, 5.41) is 0. The zero-order valence-electron chi connectivity index (χ0n) is 42.4. The van der Waals surface area contributed by atoms with E-state index in [1.165, 1.54) is 0 Å². The molecule has 0 saturated carbocycles. The molecule has 0 aromatic heterocycles. The smallest absolute Gasteiger partial charge is 0.458 e. The summed E-state index contributed by atoms with van der Waals surface area (Å²) in [4.78, 5) is 48.4. The summed E-state index contributed by atoms with van der Waals surface area (Å²) in [6.07, 6.45) is -56.9. The zero-order valence-corrected chi connectivity index (χ0v) is 46.4. The van der Waals surface area contributed by atoms with Crippen LogP contribution in [-0.2, 0) is 73.5 Å². The summed E-state index contributed by atoms with van der Waals surface area (Å²) in [6.45, 7) is -9.06. The summed E-state index contributed by atoms with van der Waals surface area (Å²) >= 11 is 0. The standard InChI is InChI=1S/C36H44F28O16Si4/c1-81(13-5-9-69-21(65)17-73-25(37,29(41,42)43)30(44,45)46)77-82(2,14-6-10-70-22(66)18-74-26(38,31(47,48)49)32(50,51)52)79-84(4,16-8-12-72-24(68)20-76-28(40,35(59,60)61)36(62,63)64)80-83(3,78-81)15-7-11-71-23(67)19-75-27(39,33(53,54)55)34(56,57)58/h5-20H2,1-4H3. The van der Waals surface area contributed by atoms with Gasteiger partial charge >= 0.3 is 131 Å². The van der Waals surface area contributed by atoms with Crippen molar-refractivity contribution in [1.29, 1.82) is 0 Å². The SMILES string of the molecule is C[Si]1(CCCOC(=O)COC(F)(C(F)(F)F)C(F)(F)F)O[Si](C)(CCCOC(=O)COC(F)(C(F)(F)F)C(F)(F)F)O[Si](C)(CCCOC(=O)COC(F)(C(F)(F)F)C(F)(F)F)O[Si](C)(CCCOC(=O)COC(F)(C(F)(F)F)C(F)(F)F)O1. The average molecular weight is 1380 g/mol. The van der Waals surface area contributed by atoms with E-state index >= 15 is 0 Å². The topological polar surface area (TPSA) is 179 Å². The van der Waals surface area contributed by atoms with Crippen LogP contribution in [0.25, 0.3) is 0 Å². The van der Waals surface area contributed by atoms with Crippen LogP contribution in [0, 0.1) is 0 Å². The van der Waals surface area contributed by atoms with E-state index in [0.717, 1.165) is 26.2 Å². The van der Waals surface area contributed by atoms with Crippen LogP contribution >= 0.6 is 0 Å². The Hall–Kier alpha value is -3.53. The van der Waals surface area contributed by atoms with Crippen molar-refractivity contribution < 1.29 is 196 Å². The lowest BCUT2D eigenvalue weighted by molar-refractivity contribution is -0.428. The van der Waals surface area contributed by atoms with E-state index in [-0.39, 0.29) is 0 Å². The molecule has 48 heteroatoms. The van der Waals surface area contributed by atoms with Gasteiger partial charge in [-0.1, -0.05) is 0 Å². The molecule has 1 aliphatic heterocycles. The maximum absolute atomic E-state index is 13.9. The van der Waals surface area contributed by atoms with Crippen molar-refractivity contribution in [3.8, 4) is 0 Å². The van der Waals surface area contributed by atoms with Crippen LogP contribution in [0.15, 0.2) is 0 Å². The maximum atomic E-state index is 13.9. The first-order valence-corrected chi connectivity index (χ1v) is 32.6. The molecule has 0 unspecified atom stereocenters. The van der Waals surface area contributed by atoms with Crippen LogP contribution in [0.5, 0.6) is 0 Å². The van der Waals surface area contributed by atoms with Crippen molar-refractivity contribution in [2.45, 2.75) is 149 Å². The summed E-state index contributed by atoms with van der Waals surface area (Å²) in [6, 6.07) is -2.38. The predicted octanol–water partition coefficient (Wildman–Crippen LogP) is 11.3. The van der Waals surface area contributed by atoms with Gasteiger partial charge in [0.05, 0.1) is 26.4 Å². The van der Waals surface area contributed by atoms with Gasteiger partial charge in [-0.25, -0.2) is 19.2 Å². The number of esters is 4. The number of rotatable bonds is 28. The Morgan fingerprint density at radius 1 is 0.274 bits per heavy atom. The zero-order chi connectivity index (χ0) is 66.1. The molecule has 1 saturated heterocycles. The molecule has 0 aliphatic carbocycles. The van der Waals surface area contributed by atoms with E-state index < -0.39 is 234 Å². The predicted molar refractivity (Wildman–Crippen MR) is 220 cm³/mol. The van der Waals surface area contributed by atoms with Crippen LogP contribution in [0.2, 0.25) is 50.4 Å². The van der Waals surface area contributed by atoms with E-state index in [1.54, 1.807) is 0 Å². The Labute approximate surface area is 456 Å². The molecule has 84 heavy (non-hydrogen) atoms. The Morgan fingerprint density at radius 2 is 0.405 bits per heavy atom. The molecule has 0 aromatic carbocycles. The second-order valence-electron chi connectivity index (χ2n) is 17.8. The van der Waals surface area contributed by atoms with Crippen molar-refractivity contribution in [2.75, 3.05) is 52.9 Å². The van der Waals surface area contributed by atoms with Crippen LogP contribution in [-0.4, -0.2) is 184 Å². The molecule has 1 fully saturated rings. The molecule has 0 bridgehead atoms. The highest BCUT2D eigenvalue weighted by molar-refractivity contribution is 6.93. The van der Waals surface area contributed by atoms with Crippen molar-refractivity contribution in [3.05, 3.63) is 0 Å². The quantitative estimate of drug-likeness (QED) is 0.0237. The van der Waals surface area contributed by atoms with Crippen LogP contribution in [0.1, 0.15) is 25.7 Å². The lowest BCUT2D eigenvalue weighted by Gasteiger charge is -2.50. The molecular weight excluding hydrogens is 1330 g/mol. The normalized spacial score (nSPS) is 22.5. The van der Waals surface area contributed by atoms with Gasteiger partial charge in [0.25, 0.3) is 0 Å². The van der Waals surface area contributed by atoms with Crippen molar-refractivity contribution in [3.63, 3.8) is 0 Å². The van der Waals surface area contributed by atoms with E-state index in [1.807, 2.05) is 0 Å². The molecule has 1 heterocycles. The van der Waals surface area contributed by atoms with Crippen LogP contribution in [0.3, 0.4) is 0 Å². The van der Waals surface area contributed by atoms with Gasteiger partial charge in [-0.2, -0.15) is 123 Å². The Balaban J connectivity index is 3.66. The van der Waals surface area contributed by atoms with Gasteiger partial charge in [0.15, 0.2) is 0 Å². The molecule has 1 rings (SSSR count).